The van der Waals surface area contributed by atoms with Crippen molar-refractivity contribution >= 4 is 27.2 Å². The number of pyridine rings is 1. The predicted molar refractivity (Wildman–Crippen MR) is 235 cm³/mol. The lowest BCUT2D eigenvalue weighted by Crippen LogP contribution is -2.15. The van der Waals surface area contributed by atoms with Crippen molar-refractivity contribution in [3.8, 4) is 67.0 Å². The molecule has 0 bridgehead atoms. The smallest absolute Gasteiger partial charge is 0.137 e. The summed E-state index contributed by atoms with van der Waals surface area (Å²) in [5.41, 5.74) is 18.0. The topological polar surface area (TPSA) is 17.3 Å². The van der Waals surface area contributed by atoms with Crippen LogP contribution >= 0.6 is 0 Å². The monoisotopic (exact) mass is 714 g/mol. The summed E-state index contributed by atoms with van der Waals surface area (Å²) < 4.78 is 2.20. The molecule has 0 aliphatic heterocycles. The lowest BCUT2D eigenvalue weighted by molar-refractivity contribution is 0.661. The van der Waals surface area contributed by atoms with Crippen molar-refractivity contribution in [2.45, 2.75) is 19.3 Å². The molecule has 0 fully saturated rings. The first kappa shape index (κ1) is 32.4. The van der Waals surface area contributed by atoms with Crippen LogP contribution in [-0.2, 0) is 5.41 Å². The van der Waals surface area contributed by atoms with Gasteiger partial charge < -0.3 is 0 Å². The van der Waals surface area contributed by atoms with E-state index in [9.17, 15) is 0 Å². The molecule has 0 unspecified atom stereocenters. The van der Waals surface area contributed by atoms with Crippen molar-refractivity contribution in [3.05, 3.63) is 205 Å². The van der Waals surface area contributed by atoms with Gasteiger partial charge in [0.15, 0.2) is 0 Å². The first-order valence-corrected chi connectivity index (χ1v) is 19.5. The van der Waals surface area contributed by atoms with Gasteiger partial charge in [-0.05, 0) is 108 Å². The molecule has 2 nitrogen and oxygen atoms in total. The molecule has 0 radical (unpaired) electrons. The highest BCUT2D eigenvalue weighted by Gasteiger charge is 2.37. The number of imidazole rings is 1. The van der Waals surface area contributed by atoms with E-state index < -0.39 is 0 Å². The highest BCUT2D eigenvalue weighted by molar-refractivity contribution is 6.22. The minimum absolute atomic E-state index is 0.192. The molecule has 0 spiro atoms. The minimum atomic E-state index is -0.192. The summed E-state index contributed by atoms with van der Waals surface area (Å²) in [4.78, 5) is 5.06. The average Bonchev–Trinajstić information content (AvgIpc) is 3.75. The molecule has 2 heteroatoms. The van der Waals surface area contributed by atoms with Crippen molar-refractivity contribution in [3.63, 3.8) is 0 Å². The average molecular weight is 715 g/mol. The van der Waals surface area contributed by atoms with E-state index in [2.05, 4.69) is 206 Å². The van der Waals surface area contributed by atoms with E-state index in [4.69, 9.17) is 4.98 Å². The molecule has 11 rings (SSSR count). The van der Waals surface area contributed by atoms with Crippen LogP contribution in [0.3, 0.4) is 0 Å². The Bertz CT molecular complexity index is 3120. The number of hydrogen-bond donors (Lipinski definition) is 0. The van der Waals surface area contributed by atoms with Crippen LogP contribution in [0.25, 0.3) is 94.2 Å². The standard InChI is InChI=1S/C54H38N2/c1-54(2)47-32-40(35-25-27-39(28-26-35)53-52(38-20-10-5-11-21-38)55-49-24-14-15-31-56(49)53)29-30-41(47)44-33-45-46(34-48(44)54)51(37-18-8-4-9-19-37)43-23-13-12-22-42(43)50(45)36-16-6-3-7-17-36/h3-34H,1-2H3. The predicted octanol–water partition coefficient (Wildman–Crippen LogP) is 14.3. The molecular weight excluding hydrogens is 677 g/mol. The molecule has 2 heterocycles. The number of aromatic nitrogens is 2. The Labute approximate surface area is 327 Å². The molecule has 10 aromatic rings. The lowest BCUT2D eigenvalue weighted by Gasteiger charge is -2.24. The van der Waals surface area contributed by atoms with Gasteiger partial charge in [0, 0.05) is 22.7 Å². The normalized spacial score (nSPS) is 13.0. The minimum Gasteiger partial charge on any atom is -0.299 e. The Morgan fingerprint density at radius 3 is 1.55 bits per heavy atom. The lowest BCUT2D eigenvalue weighted by atomic mass is 9.79. The second-order valence-electron chi connectivity index (χ2n) is 15.5. The molecule has 1 aliphatic carbocycles. The summed E-state index contributed by atoms with van der Waals surface area (Å²) in [6.45, 7) is 4.79. The number of fused-ring (bicyclic) bond motifs is 6. The van der Waals surface area contributed by atoms with Gasteiger partial charge in [0.1, 0.15) is 5.65 Å². The van der Waals surface area contributed by atoms with Gasteiger partial charge in [-0.25, -0.2) is 4.98 Å². The van der Waals surface area contributed by atoms with Gasteiger partial charge >= 0.3 is 0 Å². The molecule has 0 saturated carbocycles. The first-order valence-electron chi connectivity index (χ1n) is 19.5. The van der Waals surface area contributed by atoms with Crippen molar-refractivity contribution in [2.75, 3.05) is 0 Å². The fraction of sp³-hybridized carbons (Fsp3) is 0.0556. The zero-order valence-electron chi connectivity index (χ0n) is 31.4. The maximum Gasteiger partial charge on any atom is 0.137 e. The van der Waals surface area contributed by atoms with Gasteiger partial charge in [0.2, 0.25) is 0 Å². The molecule has 0 amide bonds. The van der Waals surface area contributed by atoms with Crippen LogP contribution < -0.4 is 0 Å². The third-order valence-corrected chi connectivity index (χ3v) is 12.0. The fourth-order valence-electron chi connectivity index (χ4n) is 9.30. The molecular formula is C54H38N2. The van der Waals surface area contributed by atoms with E-state index in [1.165, 1.54) is 77.2 Å². The summed E-state index contributed by atoms with van der Waals surface area (Å²) in [6.07, 6.45) is 2.11. The molecule has 1 aliphatic rings. The fourth-order valence-corrected chi connectivity index (χ4v) is 9.30. The van der Waals surface area contributed by atoms with E-state index in [1.54, 1.807) is 0 Å². The van der Waals surface area contributed by atoms with Crippen molar-refractivity contribution < 1.29 is 0 Å². The third-order valence-electron chi connectivity index (χ3n) is 12.0. The van der Waals surface area contributed by atoms with Crippen LogP contribution in [0.4, 0.5) is 0 Å². The summed E-state index contributed by atoms with van der Waals surface area (Å²) >= 11 is 0. The van der Waals surface area contributed by atoms with Crippen LogP contribution in [0.15, 0.2) is 194 Å². The van der Waals surface area contributed by atoms with Gasteiger partial charge in [-0.1, -0.05) is 172 Å². The Morgan fingerprint density at radius 1 is 0.393 bits per heavy atom. The van der Waals surface area contributed by atoms with Gasteiger partial charge in [0.25, 0.3) is 0 Å². The van der Waals surface area contributed by atoms with Crippen molar-refractivity contribution in [1.82, 2.24) is 9.38 Å². The van der Waals surface area contributed by atoms with Crippen LogP contribution in [0.1, 0.15) is 25.0 Å². The van der Waals surface area contributed by atoms with Crippen LogP contribution in [0.5, 0.6) is 0 Å². The molecule has 56 heavy (non-hydrogen) atoms. The molecule has 0 saturated heterocycles. The Balaban J connectivity index is 1.07. The molecule has 0 atom stereocenters. The second kappa shape index (κ2) is 12.5. The largest absolute Gasteiger partial charge is 0.299 e. The van der Waals surface area contributed by atoms with Crippen LogP contribution in [0.2, 0.25) is 0 Å². The van der Waals surface area contributed by atoms with E-state index >= 15 is 0 Å². The van der Waals surface area contributed by atoms with Crippen molar-refractivity contribution in [2.24, 2.45) is 0 Å². The maximum atomic E-state index is 5.06. The number of rotatable bonds is 5. The molecule has 0 N–H and O–H groups in total. The Morgan fingerprint density at radius 2 is 0.911 bits per heavy atom. The zero-order chi connectivity index (χ0) is 37.4. The number of benzene rings is 8. The van der Waals surface area contributed by atoms with Gasteiger partial charge in [-0.2, -0.15) is 0 Å². The van der Waals surface area contributed by atoms with Crippen LogP contribution in [-0.4, -0.2) is 9.38 Å². The molecule has 8 aromatic carbocycles. The summed E-state index contributed by atoms with van der Waals surface area (Å²) in [5, 5.41) is 5.15. The summed E-state index contributed by atoms with van der Waals surface area (Å²) in [5.74, 6) is 0. The van der Waals surface area contributed by atoms with Gasteiger partial charge in [-0.3, -0.25) is 4.40 Å². The Hall–Kier alpha value is -7.03. The first-order chi connectivity index (χ1) is 27.5. The van der Waals surface area contributed by atoms with Gasteiger partial charge in [-0.15, -0.1) is 0 Å². The molecule has 264 valence electrons. The zero-order valence-corrected chi connectivity index (χ0v) is 31.4. The Kier molecular flexibility index (Phi) is 7.24. The van der Waals surface area contributed by atoms with E-state index in [0.717, 1.165) is 28.2 Å². The van der Waals surface area contributed by atoms with Crippen molar-refractivity contribution in [1.29, 1.82) is 0 Å². The van der Waals surface area contributed by atoms with E-state index in [0.29, 0.717) is 0 Å². The van der Waals surface area contributed by atoms with E-state index in [1.807, 2.05) is 6.07 Å². The number of hydrogen-bond acceptors (Lipinski definition) is 1. The number of nitrogens with zero attached hydrogens (tertiary/aromatic N) is 2. The maximum absolute atomic E-state index is 5.06. The molecule has 2 aromatic heterocycles. The van der Waals surface area contributed by atoms with Crippen LogP contribution in [0, 0.1) is 0 Å². The highest BCUT2D eigenvalue weighted by atomic mass is 15.0. The van der Waals surface area contributed by atoms with Gasteiger partial charge in [0.05, 0.1) is 11.4 Å². The SMILES string of the molecule is CC1(C)c2cc(-c3ccc(-c4c(-c5ccccc5)nc5ccccn45)cc3)ccc2-c2cc3c(-c4ccccc4)c4ccccc4c(-c4ccccc4)c3cc21. The quantitative estimate of drug-likeness (QED) is 0.162. The van der Waals surface area contributed by atoms with E-state index in [-0.39, 0.29) is 5.41 Å². The second-order valence-corrected chi connectivity index (χ2v) is 15.5. The highest BCUT2D eigenvalue weighted by Crippen LogP contribution is 2.54. The summed E-state index contributed by atoms with van der Waals surface area (Å²) in [7, 11) is 0. The summed E-state index contributed by atoms with van der Waals surface area (Å²) in [6, 6.07) is 68.6. The third kappa shape index (κ3) is 4.92.